The summed E-state index contributed by atoms with van der Waals surface area (Å²) in [5, 5.41) is 0. The first-order valence-corrected chi connectivity index (χ1v) is 3.47. The average molecular weight is 176 g/mol. The van der Waals surface area contributed by atoms with Gasteiger partial charge < -0.3 is 0 Å². The van der Waals surface area contributed by atoms with Crippen LogP contribution in [0.5, 0.6) is 0 Å². The molecule has 0 amide bonds. The first-order chi connectivity index (χ1) is 5.45. The van der Waals surface area contributed by atoms with Crippen molar-refractivity contribution in [2.75, 3.05) is 0 Å². The molecule has 0 saturated carbocycles. The highest BCUT2D eigenvalue weighted by Gasteiger charge is 2.26. The Bertz CT molecular complexity index is 196. The molecule has 0 aliphatic carbocycles. The number of rotatable bonds is 3. The summed E-state index contributed by atoms with van der Waals surface area (Å²) in [5.41, 5.74) is 0.292. The van der Waals surface area contributed by atoms with Crippen molar-refractivity contribution < 1.29 is 13.2 Å². The number of hydrogen-bond acceptors (Lipinski definition) is 0. The van der Waals surface area contributed by atoms with E-state index in [0.29, 0.717) is 5.57 Å². The van der Waals surface area contributed by atoms with Crippen molar-refractivity contribution >= 4 is 0 Å². The minimum atomic E-state index is -4.11. The zero-order valence-electron chi connectivity index (χ0n) is 6.86. The quantitative estimate of drug-likeness (QED) is 0.576. The predicted molar refractivity (Wildman–Crippen MR) is 43.8 cm³/mol. The van der Waals surface area contributed by atoms with Crippen molar-refractivity contribution in [1.82, 2.24) is 0 Å². The molecule has 0 spiro atoms. The van der Waals surface area contributed by atoms with Gasteiger partial charge in [-0.25, -0.2) is 0 Å². The Hall–Kier alpha value is -0.990. The molecule has 0 aromatic heterocycles. The fraction of sp³-hybridized carbons (Fsp3) is 0.333. The first-order valence-electron chi connectivity index (χ1n) is 3.47. The molecule has 0 aromatic rings. The fourth-order valence-corrected chi connectivity index (χ4v) is 0.673. The summed E-state index contributed by atoms with van der Waals surface area (Å²) in [7, 11) is 0. The van der Waals surface area contributed by atoms with Crippen molar-refractivity contribution in [3.8, 4) is 0 Å². The summed E-state index contributed by atoms with van der Waals surface area (Å²) in [6.45, 7) is 4.84. The van der Waals surface area contributed by atoms with E-state index < -0.39 is 12.6 Å². The van der Waals surface area contributed by atoms with E-state index in [2.05, 4.69) is 6.58 Å². The van der Waals surface area contributed by atoms with Crippen LogP contribution in [0.2, 0.25) is 0 Å². The summed E-state index contributed by atoms with van der Waals surface area (Å²) in [6, 6.07) is 0. The molecule has 0 aromatic carbocycles. The molecule has 0 fully saturated rings. The maximum absolute atomic E-state index is 11.7. The summed E-state index contributed by atoms with van der Waals surface area (Å²) in [4.78, 5) is 0. The monoisotopic (exact) mass is 176 g/mol. The van der Waals surface area contributed by atoms with Gasteiger partial charge in [0, 0.05) is 0 Å². The first kappa shape index (κ1) is 11.0. The molecule has 3 heteroatoms. The molecule has 0 atom stereocenters. The van der Waals surface area contributed by atoms with Crippen LogP contribution >= 0.6 is 0 Å². The van der Waals surface area contributed by atoms with E-state index in [9.17, 15) is 13.2 Å². The SMILES string of the molecule is C=C/C=C\C=C(/C)CC(F)(F)F. The molecule has 0 aliphatic heterocycles. The Morgan fingerprint density at radius 3 is 2.33 bits per heavy atom. The highest BCUT2D eigenvalue weighted by molar-refractivity contribution is 5.14. The average Bonchev–Trinajstić information content (AvgIpc) is 1.84. The van der Waals surface area contributed by atoms with E-state index >= 15 is 0 Å². The number of hydrogen-bond donors (Lipinski definition) is 0. The van der Waals surface area contributed by atoms with Crippen LogP contribution in [0.25, 0.3) is 0 Å². The molecule has 0 N–H and O–H groups in total. The van der Waals surface area contributed by atoms with Gasteiger partial charge >= 0.3 is 6.18 Å². The predicted octanol–water partition coefficient (Wildman–Crippen LogP) is 3.63. The lowest BCUT2D eigenvalue weighted by Crippen LogP contribution is -2.06. The van der Waals surface area contributed by atoms with Crippen LogP contribution in [0.4, 0.5) is 13.2 Å². The van der Waals surface area contributed by atoms with Gasteiger partial charge in [-0.05, 0) is 6.92 Å². The van der Waals surface area contributed by atoms with E-state index in [1.165, 1.54) is 25.2 Å². The molecule has 0 bridgehead atoms. The second-order valence-electron chi connectivity index (χ2n) is 2.43. The fourth-order valence-electron chi connectivity index (χ4n) is 0.673. The van der Waals surface area contributed by atoms with Crippen molar-refractivity contribution in [3.05, 3.63) is 36.5 Å². The van der Waals surface area contributed by atoms with E-state index in [-0.39, 0.29) is 0 Å². The number of halogens is 3. The lowest BCUT2D eigenvalue weighted by Gasteiger charge is -2.04. The molecular formula is C9H11F3. The van der Waals surface area contributed by atoms with Gasteiger partial charge in [0.25, 0.3) is 0 Å². The summed E-state index contributed by atoms with van der Waals surface area (Å²) < 4.78 is 35.2. The third-order valence-electron chi connectivity index (χ3n) is 1.11. The topological polar surface area (TPSA) is 0 Å². The second kappa shape index (κ2) is 4.80. The van der Waals surface area contributed by atoms with E-state index in [1.807, 2.05) is 0 Å². The molecule has 0 rings (SSSR count). The third kappa shape index (κ3) is 7.12. The standard InChI is InChI=1S/C9H11F3/c1-3-4-5-6-8(2)7-9(10,11)12/h3-6H,1,7H2,2H3/b5-4-,8-6+. The lowest BCUT2D eigenvalue weighted by atomic mass is 10.2. The van der Waals surface area contributed by atoms with Crippen molar-refractivity contribution in [3.63, 3.8) is 0 Å². The number of alkyl halides is 3. The van der Waals surface area contributed by atoms with Gasteiger partial charge in [-0.1, -0.05) is 36.5 Å². The molecular weight excluding hydrogens is 165 g/mol. The maximum Gasteiger partial charge on any atom is 0.392 e. The van der Waals surface area contributed by atoms with Crippen LogP contribution in [-0.2, 0) is 0 Å². The lowest BCUT2D eigenvalue weighted by molar-refractivity contribution is -0.127. The van der Waals surface area contributed by atoms with Crippen LogP contribution in [0.15, 0.2) is 36.5 Å². The molecule has 0 heterocycles. The molecule has 0 unspecified atom stereocenters. The van der Waals surface area contributed by atoms with E-state index in [4.69, 9.17) is 0 Å². The summed E-state index contributed by atoms with van der Waals surface area (Å²) in [5.74, 6) is 0. The van der Waals surface area contributed by atoms with Gasteiger partial charge in [-0.15, -0.1) is 0 Å². The van der Waals surface area contributed by atoms with Crippen LogP contribution < -0.4 is 0 Å². The molecule has 0 radical (unpaired) electrons. The minimum absolute atomic E-state index is 0.292. The largest absolute Gasteiger partial charge is 0.392 e. The van der Waals surface area contributed by atoms with Crippen LogP contribution in [0.3, 0.4) is 0 Å². The number of allylic oxidation sites excluding steroid dienone is 5. The van der Waals surface area contributed by atoms with Crippen molar-refractivity contribution in [2.45, 2.75) is 19.5 Å². The Balaban J connectivity index is 4.03. The van der Waals surface area contributed by atoms with Gasteiger partial charge in [0.15, 0.2) is 0 Å². The third-order valence-corrected chi connectivity index (χ3v) is 1.11. The van der Waals surface area contributed by atoms with Crippen LogP contribution in [0, 0.1) is 0 Å². The highest BCUT2D eigenvalue weighted by atomic mass is 19.4. The van der Waals surface area contributed by atoms with E-state index in [1.54, 1.807) is 6.08 Å². The van der Waals surface area contributed by atoms with Gasteiger partial charge in [0.05, 0.1) is 6.42 Å². The normalized spacial score (nSPS) is 13.8. The molecule has 12 heavy (non-hydrogen) atoms. The van der Waals surface area contributed by atoms with Gasteiger partial charge in [-0.3, -0.25) is 0 Å². The minimum Gasteiger partial charge on any atom is -0.171 e. The van der Waals surface area contributed by atoms with E-state index in [0.717, 1.165) is 0 Å². The van der Waals surface area contributed by atoms with Crippen molar-refractivity contribution in [1.29, 1.82) is 0 Å². The van der Waals surface area contributed by atoms with Crippen LogP contribution in [-0.4, -0.2) is 6.18 Å². The second-order valence-corrected chi connectivity index (χ2v) is 2.43. The molecule has 0 aliphatic rings. The Morgan fingerprint density at radius 2 is 1.92 bits per heavy atom. The molecule has 68 valence electrons. The Morgan fingerprint density at radius 1 is 1.33 bits per heavy atom. The zero-order chi connectivity index (χ0) is 9.61. The van der Waals surface area contributed by atoms with Gasteiger partial charge in [-0.2, -0.15) is 13.2 Å². The smallest absolute Gasteiger partial charge is 0.171 e. The highest BCUT2D eigenvalue weighted by Crippen LogP contribution is 2.23. The van der Waals surface area contributed by atoms with Crippen LogP contribution in [0.1, 0.15) is 13.3 Å². The van der Waals surface area contributed by atoms with Gasteiger partial charge in [0.2, 0.25) is 0 Å². The van der Waals surface area contributed by atoms with Gasteiger partial charge in [0.1, 0.15) is 0 Å². The summed E-state index contributed by atoms with van der Waals surface area (Å²) >= 11 is 0. The Kier molecular flexibility index (Phi) is 4.40. The molecule has 0 nitrogen and oxygen atoms in total. The maximum atomic E-state index is 11.7. The summed E-state index contributed by atoms with van der Waals surface area (Å²) in [6.07, 6.45) is 1.09. The Labute approximate surface area is 70.1 Å². The molecule has 0 saturated heterocycles. The van der Waals surface area contributed by atoms with Crippen molar-refractivity contribution in [2.24, 2.45) is 0 Å². The zero-order valence-corrected chi connectivity index (χ0v) is 6.86.